The van der Waals surface area contributed by atoms with E-state index in [2.05, 4.69) is 12.2 Å². The summed E-state index contributed by atoms with van der Waals surface area (Å²) in [6.45, 7) is 2.80. The molecule has 1 heterocycles. The zero-order valence-corrected chi connectivity index (χ0v) is 12.6. The van der Waals surface area contributed by atoms with Crippen LogP contribution in [0.5, 0.6) is 11.5 Å². The topological polar surface area (TPSA) is 38.3 Å². The van der Waals surface area contributed by atoms with Crippen LogP contribution < -0.4 is 10.1 Å². The van der Waals surface area contributed by atoms with Gasteiger partial charge in [-0.25, -0.2) is 0 Å². The number of nitrogens with one attached hydrogen (secondary N) is 1. The molecule has 0 fully saturated rings. The van der Waals surface area contributed by atoms with Crippen molar-refractivity contribution in [2.45, 2.75) is 19.8 Å². The first-order valence-corrected chi connectivity index (χ1v) is 7.66. The molecule has 3 rings (SSSR count). The number of para-hydroxylation sites is 2. The second-order valence-electron chi connectivity index (χ2n) is 5.30. The monoisotopic (exact) mass is 293 g/mol. The third-order valence-electron chi connectivity index (χ3n) is 3.68. The van der Waals surface area contributed by atoms with Crippen LogP contribution in [0, 0.1) is 0 Å². The molecule has 22 heavy (non-hydrogen) atoms. The molecule has 0 radical (unpaired) electrons. The Bertz CT molecular complexity index is 719. The van der Waals surface area contributed by atoms with Crippen molar-refractivity contribution in [3.05, 3.63) is 59.7 Å². The van der Waals surface area contributed by atoms with Crippen molar-refractivity contribution in [1.29, 1.82) is 0 Å². The van der Waals surface area contributed by atoms with E-state index in [1.165, 1.54) is 0 Å². The Balaban J connectivity index is 2.02. The third kappa shape index (κ3) is 2.89. The summed E-state index contributed by atoms with van der Waals surface area (Å²) < 4.78 is 5.98. The van der Waals surface area contributed by atoms with E-state index in [1.54, 1.807) is 0 Å². The van der Waals surface area contributed by atoms with Gasteiger partial charge in [0.05, 0.1) is 5.57 Å². The molecule has 0 atom stereocenters. The summed E-state index contributed by atoms with van der Waals surface area (Å²) in [5.41, 5.74) is 2.39. The largest absolute Gasteiger partial charge is 0.456 e. The lowest BCUT2D eigenvalue weighted by Crippen LogP contribution is -2.25. The maximum atomic E-state index is 12.6. The molecule has 0 spiro atoms. The molecule has 0 bridgehead atoms. The second-order valence-corrected chi connectivity index (χ2v) is 5.30. The van der Waals surface area contributed by atoms with Gasteiger partial charge < -0.3 is 10.1 Å². The summed E-state index contributed by atoms with van der Waals surface area (Å²) in [5, 5.41) is 2.99. The van der Waals surface area contributed by atoms with Crippen molar-refractivity contribution >= 4 is 17.6 Å². The average Bonchev–Trinajstić information content (AvgIpc) is 2.71. The van der Waals surface area contributed by atoms with Gasteiger partial charge in [-0.3, -0.25) is 4.79 Å². The van der Waals surface area contributed by atoms with Crippen LogP contribution in [0.2, 0.25) is 0 Å². The minimum absolute atomic E-state index is 0.0544. The summed E-state index contributed by atoms with van der Waals surface area (Å²) >= 11 is 0. The standard InChI is InChI=1S/C19H19NO2/c1-2-3-12-20-19(21)16-13-14-8-4-6-10-17(14)22-18-11-7-5-9-15(16)18/h4-11,13H,2-3,12H2,1H3,(H,20,21). The van der Waals surface area contributed by atoms with Gasteiger partial charge in [-0.05, 0) is 24.6 Å². The number of unbranched alkanes of at least 4 members (excludes halogenated alkanes) is 1. The highest BCUT2D eigenvalue weighted by molar-refractivity contribution is 6.25. The Morgan fingerprint density at radius 2 is 1.77 bits per heavy atom. The first-order valence-electron chi connectivity index (χ1n) is 7.66. The molecule has 0 saturated heterocycles. The van der Waals surface area contributed by atoms with E-state index in [1.807, 2.05) is 54.6 Å². The highest BCUT2D eigenvalue weighted by atomic mass is 16.5. The zero-order chi connectivity index (χ0) is 15.4. The molecule has 1 aliphatic rings. The van der Waals surface area contributed by atoms with Gasteiger partial charge in [0.25, 0.3) is 5.91 Å². The van der Waals surface area contributed by atoms with Crippen molar-refractivity contribution in [3.63, 3.8) is 0 Å². The van der Waals surface area contributed by atoms with Gasteiger partial charge in [0.1, 0.15) is 11.5 Å². The normalized spacial score (nSPS) is 12.3. The van der Waals surface area contributed by atoms with Gasteiger partial charge in [0, 0.05) is 17.7 Å². The smallest absolute Gasteiger partial charge is 0.252 e. The SMILES string of the molecule is CCCCNC(=O)C1=Cc2ccccc2Oc2ccccc21. The van der Waals surface area contributed by atoms with E-state index < -0.39 is 0 Å². The minimum Gasteiger partial charge on any atom is -0.456 e. The molecule has 0 unspecified atom stereocenters. The number of hydrogen-bond acceptors (Lipinski definition) is 2. The van der Waals surface area contributed by atoms with Crippen molar-refractivity contribution in [1.82, 2.24) is 5.32 Å². The molecule has 0 saturated carbocycles. The fourth-order valence-electron chi connectivity index (χ4n) is 2.48. The van der Waals surface area contributed by atoms with Gasteiger partial charge in [0.15, 0.2) is 0 Å². The number of rotatable bonds is 4. The number of benzene rings is 2. The lowest BCUT2D eigenvalue weighted by molar-refractivity contribution is -0.115. The van der Waals surface area contributed by atoms with E-state index in [4.69, 9.17) is 4.74 Å². The molecule has 3 heteroatoms. The molecule has 112 valence electrons. The summed E-state index contributed by atoms with van der Waals surface area (Å²) in [4.78, 5) is 12.6. The fourth-order valence-corrected chi connectivity index (χ4v) is 2.48. The van der Waals surface area contributed by atoms with Crippen LogP contribution in [0.3, 0.4) is 0 Å². The quantitative estimate of drug-likeness (QED) is 0.856. The molecular formula is C19H19NO2. The molecule has 2 aromatic rings. The number of carbonyl (C=O) groups is 1. The van der Waals surface area contributed by atoms with Crippen LogP contribution in [0.25, 0.3) is 11.6 Å². The lowest BCUT2D eigenvalue weighted by atomic mass is 10.0. The number of fused-ring (bicyclic) bond motifs is 2. The van der Waals surface area contributed by atoms with Gasteiger partial charge in [-0.2, -0.15) is 0 Å². The van der Waals surface area contributed by atoms with Gasteiger partial charge >= 0.3 is 0 Å². The zero-order valence-electron chi connectivity index (χ0n) is 12.6. The highest BCUT2D eigenvalue weighted by Crippen LogP contribution is 2.37. The highest BCUT2D eigenvalue weighted by Gasteiger charge is 2.20. The van der Waals surface area contributed by atoms with Crippen molar-refractivity contribution in [2.24, 2.45) is 0 Å². The molecule has 0 aromatic heterocycles. The van der Waals surface area contributed by atoms with Gasteiger partial charge in [-0.15, -0.1) is 0 Å². The minimum atomic E-state index is -0.0544. The van der Waals surface area contributed by atoms with E-state index in [0.29, 0.717) is 17.9 Å². The van der Waals surface area contributed by atoms with Crippen LogP contribution in [0.15, 0.2) is 48.5 Å². The molecule has 1 amide bonds. The van der Waals surface area contributed by atoms with Crippen LogP contribution in [0.4, 0.5) is 0 Å². The Labute approximate surface area is 130 Å². The van der Waals surface area contributed by atoms with E-state index >= 15 is 0 Å². The first kappa shape index (κ1) is 14.4. The summed E-state index contributed by atoms with van der Waals surface area (Å²) in [7, 11) is 0. The molecular weight excluding hydrogens is 274 g/mol. The van der Waals surface area contributed by atoms with Crippen molar-refractivity contribution in [2.75, 3.05) is 6.54 Å². The first-order chi connectivity index (χ1) is 10.8. The van der Waals surface area contributed by atoms with Gasteiger partial charge in [0.2, 0.25) is 0 Å². The van der Waals surface area contributed by atoms with Crippen molar-refractivity contribution in [3.8, 4) is 11.5 Å². The maximum Gasteiger partial charge on any atom is 0.252 e. The molecule has 1 aliphatic heterocycles. The van der Waals surface area contributed by atoms with E-state index in [0.717, 1.165) is 29.7 Å². The second kappa shape index (κ2) is 6.48. The van der Waals surface area contributed by atoms with Crippen molar-refractivity contribution < 1.29 is 9.53 Å². The van der Waals surface area contributed by atoms with Crippen LogP contribution in [0.1, 0.15) is 30.9 Å². The Kier molecular flexibility index (Phi) is 4.24. The third-order valence-corrected chi connectivity index (χ3v) is 3.68. The molecule has 0 aliphatic carbocycles. The predicted molar refractivity (Wildman–Crippen MR) is 88.7 cm³/mol. The van der Waals surface area contributed by atoms with Crippen LogP contribution in [-0.4, -0.2) is 12.5 Å². The van der Waals surface area contributed by atoms with E-state index in [-0.39, 0.29) is 5.91 Å². The predicted octanol–water partition coefficient (Wildman–Crippen LogP) is 4.25. The number of carbonyl (C=O) groups excluding carboxylic acids is 1. The Hall–Kier alpha value is -2.55. The summed E-state index contributed by atoms with van der Waals surface area (Å²) in [5.74, 6) is 1.43. The van der Waals surface area contributed by atoms with Crippen LogP contribution >= 0.6 is 0 Å². The average molecular weight is 293 g/mol. The lowest BCUT2D eigenvalue weighted by Gasteiger charge is -2.11. The molecule has 3 nitrogen and oxygen atoms in total. The number of ether oxygens (including phenoxy) is 1. The number of amides is 1. The van der Waals surface area contributed by atoms with Gasteiger partial charge in [-0.1, -0.05) is 49.7 Å². The summed E-state index contributed by atoms with van der Waals surface area (Å²) in [6.07, 6.45) is 3.94. The Morgan fingerprint density at radius 3 is 2.59 bits per heavy atom. The number of hydrogen-bond donors (Lipinski definition) is 1. The molecule has 2 aromatic carbocycles. The molecule has 1 N–H and O–H groups in total. The fraction of sp³-hybridized carbons (Fsp3) is 0.211. The summed E-state index contributed by atoms with van der Waals surface area (Å²) in [6, 6.07) is 15.4. The Morgan fingerprint density at radius 1 is 1.05 bits per heavy atom. The van der Waals surface area contributed by atoms with E-state index in [9.17, 15) is 4.79 Å². The maximum absolute atomic E-state index is 12.6. The van der Waals surface area contributed by atoms with Crippen LogP contribution in [-0.2, 0) is 4.79 Å².